The Morgan fingerprint density at radius 2 is 2.17 bits per heavy atom. The predicted molar refractivity (Wildman–Crippen MR) is 66.3 cm³/mol. The monoisotopic (exact) mass is 267 g/mol. The Morgan fingerprint density at radius 3 is 2.67 bits per heavy atom. The predicted octanol–water partition coefficient (Wildman–Crippen LogP) is 0.373. The lowest BCUT2D eigenvalue weighted by Crippen LogP contribution is -2.14. The van der Waals surface area contributed by atoms with Crippen molar-refractivity contribution >= 4 is 15.8 Å². The van der Waals surface area contributed by atoms with E-state index in [0.29, 0.717) is 12.2 Å². The normalized spacial score (nSPS) is 11.4. The zero-order valence-electron chi connectivity index (χ0n) is 9.71. The summed E-state index contributed by atoms with van der Waals surface area (Å²) < 4.78 is 26.4. The average Bonchev–Trinajstić information content (AvgIpc) is 2.77. The molecule has 0 radical (unpaired) electrons. The SMILES string of the molecule is Cc1[nH]ncc1S(=O)(=O)Nc1ccc(CN)cn1. The third-order valence-electron chi connectivity index (χ3n) is 2.37. The number of H-pyrrole nitrogens is 1. The van der Waals surface area contributed by atoms with Gasteiger partial charge in [-0.15, -0.1) is 0 Å². The van der Waals surface area contributed by atoms with E-state index < -0.39 is 10.0 Å². The second-order valence-electron chi connectivity index (χ2n) is 3.72. The van der Waals surface area contributed by atoms with E-state index in [1.807, 2.05) is 0 Å². The fourth-order valence-corrected chi connectivity index (χ4v) is 2.56. The van der Waals surface area contributed by atoms with Gasteiger partial charge in [0.2, 0.25) is 0 Å². The third-order valence-corrected chi connectivity index (χ3v) is 3.84. The number of hydrogen-bond donors (Lipinski definition) is 3. The van der Waals surface area contributed by atoms with Crippen LogP contribution >= 0.6 is 0 Å². The summed E-state index contributed by atoms with van der Waals surface area (Å²) in [5.74, 6) is 0.243. The highest BCUT2D eigenvalue weighted by Gasteiger charge is 2.18. The quantitative estimate of drug-likeness (QED) is 0.740. The highest BCUT2D eigenvalue weighted by molar-refractivity contribution is 7.92. The van der Waals surface area contributed by atoms with Crippen molar-refractivity contribution in [1.29, 1.82) is 0 Å². The van der Waals surface area contributed by atoms with Crippen molar-refractivity contribution in [3.05, 3.63) is 35.8 Å². The Bertz CT molecular complexity index is 633. The molecule has 0 spiro atoms. The Balaban J connectivity index is 2.25. The minimum absolute atomic E-state index is 0.104. The van der Waals surface area contributed by atoms with E-state index in [0.717, 1.165) is 5.56 Å². The van der Waals surface area contributed by atoms with Crippen molar-refractivity contribution in [2.75, 3.05) is 4.72 Å². The van der Waals surface area contributed by atoms with Gasteiger partial charge in [-0.3, -0.25) is 9.82 Å². The lowest BCUT2D eigenvalue weighted by Gasteiger charge is -2.06. The molecule has 0 atom stereocenters. The Morgan fingerprint density at radius 1 is 1.39 bits per heavy atom. The molecule has 2 heterocycles. The van der Waals surface area contributed by atoms with Crippen molar-refractivity contribution < 1.29 is 8.42 Å². The van der Waals surface area contributed by atoms with E-state index in [1.54, 1.807) is 19.1 Å². The topological polar surface area (TPSA) is 114 Å². The van der Waals surface area contributed by atoms with Crippen LogP contribution in [-0.2, 0) is 16.6 Å². The standard InChI is InChI=1S/C10H13N5O2S/c1-7-9(6-13-14-7)18(16,17)15-10-3-2-8(4-11)5-12-10/h2-3,5-6H,4,11H2,1H3,(H,12,15)(H,13,14). The van der Waals surface area contributed by atoms with Crippen LogP contribution in [0.5, 0.6) is 0 Å². The van der Waals surface area contributed by atoms with Crippen LogP contribution in [0.25, 0.3) is 0 Å². The first-order chi connectivity index (χ1) is 8.53. The zero-order valence-corrected chi connectivity index (χ0v) is 10.5. The smallest absolute Gasteiger partial charge is 0.266 e. The summed E-state index contributed by atoms with van der Waals surface area (Å²) in [7, 11) is -3.66. The molecule has 0 aromatic carbocycles. The number of aromatic nitrogens is 3. The van der Waals surface area contributed by atoms with Crippen molar-refractivity contribution in [2.24, 2.45) is 5.73 Å². The minimum atomic E-state index is -3.66. The summed E-state index contributed by atoms with van der Waals surface area (Å²) in [6.07, 6.45) is 2.78. The highest BCUT2D eigenvalue weighted by atomic mass is 32.2. The molecule has 0 fully saturated rings. The lowest BCUT2D eigenvalue weighted by molar-refractivity contribution is 0.600. The first kappa shape index (κ1) is 12.5. The van der Waals surface area contributed by atoms with Gasteiger partial charge >= 0.3 is 0 Å². The van der Waals surface area contributed by atoms with Crippen molar-refractivity contribution in [3.8, 4) is 0 Å². The molecule has 0 aliphatic heterocycles. The maximum absolute atomic E-state index is 12.0. The first-order valence-electron chi connectivity index (χ1n) is 5.21. The molecule has 7 nitrogen and oxygen atoms in total. The van der Waals surface area contributed by atoms with Gasteiger partial charge in [-0.05, 0) is 18.6 Å². The van der Waals surface area contributed by atoms with E-state index >= 15 is 0 Å². The van der Waals surface area contributed by atoms with E-state index in [4.69, 9.17) is 5.73 Å². The molecule has 96 valence electrons. The van der Waals surface area contributed by atoms with Gasteiger partial charge in [-0.25, -0.2) is 13.4 Å². The number of aromatic amines is 1. The van der Waals surface area contributed by atoms with Crippen molar-refractivity contribution in [2.45, 2.75) is 18.4 Å². The number of rotatable bonds is 4. The maximum Gasteiger partial charge on any atom is 0.266 e. The number of sulfonamides is 1. The first-order valence-corrected chi connectivity index (χ1v) is 6.69. The van der Waals surface area contributed by atoms with Gasteiger partial charge < -0.3 is 5.73 Å². The van der Waals surface area contributed by atoms with Gasteiger partial charge in [0.05, 0.1) is 11.9 Å². The number of nitrogens with zero attached hydrogens (tertiary/aromatic N) is 2. The van der Waals surface area contributed by atoms with E-state index in [1.165, 1.54) is 12.4 Å². The maximum atomic E-state index is 12.0. The molecule has 0 saturated carbocycles. The number of anilines is 1. The molecule has 2 rings (SSSR count). The second kappa shape index (κ2) is 4.75. The number of nitrogens with one attached hydrogen (secondary N) is 2. The number of hydrogen-bond acceptors (Lipinski definition) is 5. The van der Waals surface area contributed by atoms with Crippen molar-refractivity contribution in [3.63, 3.8) is 0 Å². The molecule has 0 unspecified atom stereocenters. The van der Waals surface area contributed by atoms with Crippen LogP contribution < -0.4 is 10.5 Å². The molecular weight excluding hydrogens is 254 g/mol. The number of pyridine rings is 1. The molecule has 8 heteroatoms. The minimum Gasteiger partial charge on any atom is -0.326 e. The number of nitrogens with two attached hydrogens (primary N) is 1. The number of aryl methyl sites for hydroxylation is 1. The lowest BCUT2D eigenvalue weighted by atomic mass is 10.3. The van der Waals surface area contributed by atoms with E-state index in [9.17, 15) is 8.42 Å². The van der Waals surface area contributed by atoms with Gasteiger partial charge in [0.15, 0.2) is 0 Å². The van der Waals surface area contributed by atoms with Crippen molar-refractivity contribution in [1.82, 2.24) is 15.2 Å². The molecule has 0 saturated heterocycles. The fourth-order valence-electron chi connectivity index (χ4n) is 1.41. The Labute approximate surface area is 104 Å². The molecule has 4 N–H and O–H groups in total. The summed E-state index contributed by atoms with van der Waals surface area (Å²) in [5, 5.41) is 6.25. The van der Waals surface area contributed by atoms with Gasteiger partial charge in [-0.2, -0.15) is 5.10 Å². The molecular formula is C10H13N5O2S. The molecule has 18 heavy (non-hydrogen) atoms. The van der Waals surface area contributed by atoms with Crippen LogP contribution in [0, 0.1) is 6.92 Å². The summed E-state index contributed by atoms with van der Waals surface area (Å²) in [5.41, 5.74) is 6.74. The summed E-state index contributed by atoms with van der Waals surface area (Å²) in [6, 6.07) is 3.28. The highest BCUT2D eigenvalue weighted by Crippen LogP contribution is 2.15. The Kier molecular flexibility index (Phi) is 3.30. The Hall–Kier alpha value is -1.93. The average molecular weight is 267 g/mol. The molecule has 2 aromatic heterocycles. The summed E-state index contributed by atoms with van der Waals surface area (Å²) >= 11 is 0. The molecule has 2 aromatic rings. The van der Waals surface area contributed by atoms with Crippen LogP contribution in [-0.4, -0.2) is 23.6 Å². The van der Waals surface area contributed by atoms with Crippen LogP contribution in [0.4, 0.5) is 5.82 Å². The van der Waals surface area contributed by atoms with Crippen LogP contribution in [0.15, 0.2) is 29.4 Å². The van der Waals surface area contributed by atoms with E-state index in [2.05, 4.69) is 19.9 Å². The largest absolute Gasteiger partial charge is 0.326 e. The van der Waals surface area contributed by atoms with Crippen LogP contribution in [0.1, 0.15) is 11.3 Å². The molecule has 0 bridgehead atoms. The zero-order chi connectivity index (χ0) is 13.2. The van der Waals surface area contributed by atoms with Gasteiger partial charge in [0.1, 0.15) is 10.7 Å². The fraction of sp³-hybridized carbons (Fsp3) is 0.200. The van der Waals surface area contributed by atoms with Crippen LogP contribution in [0.3, 0.4) is 0 Å². The van der Waals surface area contributed by atoms with Gasteiger partial charge in [0.25, 0.3) is 10.0 Å². The summed E-state index contributed by atoms with van der Waals surface area (Å²) in [4.78, 5) is 4.08. The third kappa shape index (κ3) is 2.49. The molecule has 0 aliphatic carbocycles. The van der Waals surface area contributed by atoms with E-state index in [-0.39, 0.29) is 10.7 Å². The van der Waals surface area contributed by atoms with Gasteiger partial charge in [-0.1, -0.05) is 6.07 Å². The summed E-state index contributed by atoms with van der Waals surface area (Å²) in [6.45, 7) is 1.99. The second-order valence-corrected chi connectivity index (χ2v) is 5.37. The molecule has 0 aliphatic rings. The van der Waals surface area contributed by atoms with Crippen LogP contribution in [0.2, 0.25) is 0 Å². The molecule has 0 amide bonds. The van der Waals surface area contributed by atoms with Gasteiger partial charge in [0, 0.05) is 12.7 Å².